The SMILES string of the molecule is COc1ccc(C2C(N)CCCN2C2CC2)cc1Br. The van der Waals surface area contributed by atoms with Crippen LogP contribution in [-0.2, 0) is 0 Å². The second-order valence-electron chi connectivity index (χ2n) is 5.61. The molecule has 3 nitrogen and oxygen atoms in total. The van der Waals surface area contributed by atoms with Gasteiger partial charge in [0.2, 0.25) is 0 Å². The van der Waals surface area contributed by atoms with Crippen LogP contribution < -0.4 is 10.5 Å². The van der Waals surface area contributed by atoms with E-state index in [1.165, 1.54) is 31.4 Å². The Morgan fingerprint density at radius 2 is 2.11 bits per heavy atom. The van der Waals surface area contributed by atoms with Crippen LogP contribution in [0.1, 0.15) is 37.3 Å². The molecule has 19 heavy (non-hydrogen) atoms. The lowest BCUT2D eigenvalue weighted by Crippen LogP contribution is -2.46. The fraction of sp³-hybridized carbons (Fsp3) is 0.600. The summed E-state index contributed by atoms with van der Waals surface area (Å²) < 4.78 is 6.32. The lowest BCUT2D eigenvalue weighted by Gasteiger charge is -2.40. The molecule has 0 radical (unpaired) electrons. The van der Waals surface area contributed by atoms with Gasteiger partial charge in [-0.25, -0.2) is 0 Å². The Bertz CT molecular complexity index is 461. The Hall–Kier alpha value is -0.580. The highest BCUT2D eigenvalue weighted by atomic mass is 79.9. The first-order chi connectivity index (χ1) is 9.20. The molecule has 2 N–H and O–H groups in total. The van der Waals surface area contributed by atoms with E-state index in [2.05, 4.69) is 33.0 Å². The van der Waals surface area contributed by atoms with Crippen molar-refractivity contribution in [1.82, 2.24) is 4.90 Å². The minimum Gasteiger partial charge on any atom is -0.496 e. The number of methoxy groups -OCH3 is 1. The standard InChI is InChI=1S/C15H21BrN2O/c1-19-14-7-4-10(9-12(14)16)15-13(17)3-2-8-18(15)11-5-6-11/h4,7,9,11,13,15H,2-3,5-6,8,17H2,1H3. The lowest BCUT2D eigenvalue weighted by atomic mass is 9.90. The summed E-state index contributed by atoms with van der Waals surface area (Å²) in [7, 11) is 1.70. The van der Waals surface area contributed by atoms with Gasteiger partial charge >= 0.3 is 0 Å². The molecule has 1 aliphatic heterocycles. The molecular weight excluding hydrogens is 304 g/mol. The molecule has 0 bridgehead atoms. The quantitative estimate of drug-likeness (QED) is 0.928. The van der Waals surface area contributed by atoms with Crippen LogP contribution in [0.2, 0.25) is 0 Å². The number of nitrogens with two attached hydrogens (primary N) is 1. The first-order valence-electron chi connectivity index (χ1n) is 7.05. The zero-order valence-electron chi connectivity index (χ0n) is 11.3. The van der Waals surface area contributed by atoms with E-state index < -0.39 is 0 Å². The van der Waals surface area contributed by atoms with E-state index in [0.29, 0.717) is 6.04 Å². The monoisotopic (exact) mass is 324 g/mol. The molecule has 2 unspecified atom stereocenters. The summed E-state index contributed by atoms with van der Waals surface area (Å²) in [5.74, 6) is 0.881. The van der Waals surface area contributed by atoms with E-state index in [1.807, 2.05) is 6.07 Å². The lowest BCUT2D eigenvalue weighted by molar-refractivity contribution is 0.119. The zero-order valence-corrected chi connectivity index (χ0v) is 12.9. The van der Waals surface area contributed by atoms with Crippen molar-refractivity contribution in [3.63, 3.8) is 0 Å². The molecule has 1 aliphatic carbocycles. The van der Waals surface area contributed by atoms with Gasteiger partial charge in [-0.15, -0.1) is 0 Å². The zero-order chi connectivity index (χ0) is 13.4. The van der Waals surface area contributed by atoms with Crippen LogP contribution in [0.3, 0.4) is 0 Å². The average molecular weight is 325 g/mol. The summed E-state index contributed by atoms with van der Waals surface area (Å²) in [6, 6.07) is 7.74. The van der Waals surface area contributed by atoms with Crippen molar-refractivity contribution in [2.24, 2.45) is 5.73 Å². The molecule has 2 fully saturated rings. The van der Waals surface area contributed by atoms with Gasteiger partial charge in [0, 0.05) is 12.1 Å². The third-order valence-corrected chi connectivity index (χ3v) is 4.87. The van der Waals surface area contributed by atoms with Crippen molar-refractivity contribution < 1.29 is 4.74 Å². The fourth-order valence-corrected chi connectivity index (χ4v) is 3.73. The predicted octanol–water partition coefficient (Wildman–Crippen LogP) is 3.08. The number of benzene rings is 1. The summed E-state index contributed by atoms with van der Waals surface area (Å²) >= 11 is 3.58. The van der Waals surface area contributed by atoms with E-state index >= 15 is 0 Å². The summed E-state index contributed by atoms with van der Waals surface area (Å²) in [6.45, 7) is 1.19. The average Bonchev–Trinajstić information content (AvgIpc) is 3.22. The highest BCUT2D eigenvalue weighted by Crippen LogP contribution is 2.40. The van der Waals surface area contributed by atoms with Gasteiger partial charge in [0.1, 0.15) is 5.75 Å². The highest BCUT2D eigenvalue weighted by Gasteiger charge is 2.39. The van der Waals surface area contributed by atoms with Gasteiger partial charge < -0.3 is 10.5 Å². The third-order valence-electron chi connectivity index (χ3n) is 4.25. The Morgan fingerprint density at radius 3 is 2.74 bits per heavy atom. The minimum atomic E-state index is 0.245. The Labute approximate surface area is 123 Å². The first kappa shape index (κ1) is 13.4. The smallest absolute Gasteiger partial charge is 0.133 e. The van der Waals surface area contributed by atoms with E-state index in [9.17, 15) is 0 Å². The normalized spacial score (nSPS) is 28.4. The molecule has 1 saturated heterocycles. The van der Waals surface area contributed by atoms with Gasteiger partial charge in [-0.2, -0.15) is 0 Å². The van der Waals surface area contributed by atoms with Gasteiger partial charge in [-0.05, 0) is 65.9 Å². The molecule has 1 heterocycles. The van der Waals surface area contributed by atoms with E-state index in [4.69, 9.17) is 10.5 Å². The largest absolute Gasteiger partial charge is 0.496 e. The van der Waals surface area contributed by atoms with Crippen molar-refractivity contribution in [2.75, 3.05) is 13.7 Å². The van der Waals surface area contributed by atoms with Crippen molar-refractivity contribution >= 4 is 15.9 Å². The maximum Gasteiger partial charge on any atom is 0.133 e. The first-order valence-corrected chi connectivity index (χ1v) is 7.85. The maximum atomic E-state index is 6.40. The van der Waals surface area contributed by atoms with Crippen LogP contribution >= 0.6 is 15.9 Å². The van der Waals surface area contributed by atoms with Crippen LogP contribution in [0.5, 0.6) is 5.75 Å². The Kier molecular flexibility index (Phi) is 3.83. The number of ether oxygens (including phenoxy) is 1. The number of likely N-dealkylation sites (tertiary alicyclic amines) is 1. The highest BCUT2D eigenvalue weighted by molar-refractivity contribution is 9.10. The molecule has 0 aromatic heterocycles. The van der Waals surface area contributed by atoms with Gasteiger partial charge in [0.25, 0.3) is 0 Å². The van der Waals surface area contributed by atoms with E-state index in [1.54, 1.807) is 7.11 Å². The van der Waals surface area contributed by atoms with Crippen LogP contribution in [0, 0.1) is 0 Å². The molecule has 1 aromatic rings. The molecule has 104 valence electrons. The second-order valence-corrected chi connectivity index (χ2v) is 6.47. The topological polar surface area (TPSA) is 38.5 Å². The second kappa shape index (κ2) is 5.43. The molecule has 1 saturated carbocycles. The number of halogens is 1. The van der Waals surface area contributed by atoms with Crippen LogP contribution in [0.15, 0.2) is 22.7 Å². The van der Waals surface area contributed by atoms with Crippen molar-refractivity contribution in [2.45, 2.75) is 43.8 Å². The summed E-state index contributed by atoms with van der Waals surface area (Å²) in [5.41, 5.74) is 7.71. The molecule has 2 atom stereocenters. The molecular formula is C15H21BrN2O. The molecule has 4 heteroatoms. The number of piperidine rings is 1. The van der Waals surface area contributed by atoms with Gasteiger partial charge in [-0.3, -0.25) is 4.90 Å². The Balaban J connectivity index is 1.90. The van der Waals surface area contributed by atoms with Crippen molar-refractivity contribution in [3.05, 3.63) is 28.2 Å². The molecule has 0 amide bonds. The van der Waals surface area contributed by atoms with Crippen LogP contribution in [0.25, 0.3) is 0 Å². The van der Waals surface area contributed by atoms with E-state index in [0.717, 1.165) is 22.7 Å². The number of hydrogen-bond donors (Lipinski definition) is 1. The van der Waals surface area contributed by atoms with Crippen molar-refractivity contribution in [1.29, 1.82) is 0 Å². The van der Waals surface area contributed by atoms with Crippen molar-refractivity contribution in [3.8, 4) is 5.75 Å². The molecule has 1 aromatic carbocycles. The fourth-order valence-electron chi connectivity index (χ4n) is 3.17. The summed E-state index contributed by atoms with van der Waals surface area (Å²) in [4.78, 5) is 2.61. The number of hydrogen-bond acceptors (Lipinski definition) is 3. The number of nitrogens with zero attached hydrogens (tertiary/aromatic N) is 1. The molecule has 2 aliphatic rings. The molecule has 0 spiro atoms. The maximum absolute atomic E-state index is 6.40. The predicted molar refractivity (Wildman–Crippen MR) is 80.4 cm³/mol. The van der Waals surface area contributed by atoms with E-state index in [-0.39, 0.29) is 6.04 Å². The van der Waals surface area contributed by atoms with Gasteiger partial charge in [0.15, 0.2) is 0 Å². The van der Waals surface area contributed by atoms with Gasteiger partial charge in [-0.1, -0.05) is 6.07 Å². The van der Waals surface area contributed by atoms with Crippen LogP contribution in [0.4, 0.5) is 0 Å². The van der Waals surface area contributed by atoms with Crippen LogP contribution in [-0.4, -0.2) is 30.6 Å². The van der Waals surface area contributed by atoms with Gasteiger partial charge in [0.05, 0.1) is 17.6 Å². The number of rotatable bonds is 3. The third kappa shape index (κ3) is 2.67. The Morgan fingerprint density at radius 1 is 1.32 bits per heavy atom. The molecule has 3 rings (SSSR count). The minimum absolute atomic E-state index is 0.245. The summed E-state index contributed by atoms with van der Waals surface area (Å²) in [6.07, 6.45) is 5.02. The summed E-state index contributed by atoms with van der Waals surface area (Å²) in [5, 5.41) is 0.